The van der Waals surface area contributed by atoms with Crippen LogP contribution in [-0.4, -0.2) is 33.6 Å². The van der Waals surface area contributed by atoms with Crippen LogP contribution in [-0.2, 0) is 13.1 Å². The number of rotatable bonds is 6. The molecule has 1 unspecified atom stereocenters. The van der Waals surface area contributed by atoms with Crippen molar-refractivity contribution < 1.29 is 0 Å². The van der Waals surface area contributed by atoms with E-state index < -0.39 is 0 Å². The fourth-order valence-electron chi connectivity index (χ4n) is 1.45. The maximum Gasteiger partial charge on any atom is 0.0534 e. The zero-order chi connectivity index (χ0) is 11.3. The van der Waals surface area contributed by atoms with Gasteiger partial charge in [-0.3, -0.25) is 4.68 Å². The Balaban J connectivity index is 2.33. The van der Waals surface area contributed by atoms with Crippen molar-refractivity contribution in [1.82, 2.24) is 14.7 Å². The minimum atomic E-state index is 0.255. The fraction of sp³-hybridized carbons (Fsp3) is 0.727. The highest BCUT2D eigenvalue weighted by Crippen LogP contribution is 2.05. The molecule has 0 fully saturated rings. The number of alkyl halides is 1. The molecule has 0 saturated carbocycles. The van der Waals surface area contributed by atoms with E-state index >= 15 is 0 Å². The molecule has 4 heteroatoms. The van der Waals surface area contributed by atoms with Gasteiger partial charge in [0, 0.05) is 30.2 Å². The summed E-state index contributed by atoms with van der Waals surface area (Å²) in [6, 6.07) is 0. The van der Waals surface area contributed by atoms with Crippen molar-refractivity contribution in [3.63, 3.8) is 0 Å². The van der Waals surface area contributed by atoms with Gasteiger partial charge in [-0.1, -0.05) is 0 Å². The average molecular weight is 230 g/mol. The van der Waals surface area contributed by atoms with Crippen molar-refractivity contribution >= 4 is 11.6 Å². The normalized spacial score (nSPS) is 13.4. The molecule has 0 radical (unpaired) electrons. The second-order valence-corrected chi connectivity index (χ2v) is 4.76. The molecule has 1 aromatic heterocycles. The lowest BCUT2D eigenvalue weighted by Crippen LogP contribution is -2.20. The molecule has 15 heavy (non-hydrogen) atoms. The van der Waals surface area contributed by atoms with E-state index in [0.717, 1.165) is 26.1 Å². The van der Waals surface area contributed by atoms with E-state index in [1.807, 2.05) is 17.8 Å². The fourth-order valence-corrected chi connectivity index (χ4v) is 1.55. The molecule has 0 amide bonds. The van der Waals surface area contributed by atoms with Crippen molar-refractivity contribution in [1.29, 1.82) is 0 Å². The van der Waals surface area contributed by atoms with Gasteiger partial charge in [-0.05, 0) is 33.9 Å². The molecule has 1 heterocycles. The van der Waals surface area contributed by atoms with Gasteiger partial charge in [0.1, 0.15) is 0 Å². The third kappa shape index (κ3) is 4.67. The Kier molecular flexibility index (Phi) is 5.12. The molecule has 0 saturated heterocycles. The molecule has 0 spiro atoms. The van der Waals surface area contributed by atoms with Gasteiger partial charge in [-0.15, -0.1) is 11.6 Å². The Morgan fingerprint density at radius 1 is 1.60 bits per heavy atom. The highest BCUT2D eigenvalue weighted by Gasteiger charge is 2.04. The topological polar surface area (TPSA) is 21.1 Å². The molecule has 0 aliphatic rings. The Morgan fingerprint density at radius 2 is 2.33 bits per heavy atom. The zero-order valence-corrected chi connectivity index (χ0v) is 10.5. The van der Waals surface area contributed by atoms with Gasteiger partial charge in [0.25, 0.3) is 0 Å². The van der Waals surface area contributed by atoms with Gasteiger partial charge < -0.3 is 4.90 Å². The van der Waals surface area contributed by atoms with E-state index in [9.17, 15) is 0 Å². The van der Waals surface area contributed by atoms with Gasteiger partial charge in [0.05, 0.1) is 6.20 Å². The first-order valence-corrected chi connectivity index (χ1v) is 5.89. The summed E-state index contributed by atoms with van der Waals surface area (Å²) in [6.07, 6.45) is 5.06. The molecule has 0 bridgehead atoms. The highest BCUT2D eigenvalue weighted by molar-refractivity contribution is 6.20. The van der Waals surface area contributed by atoms with Crippen molar-refractivity contribution in [2.24, 2.45) is 0 Å². The van der Waals surface area contributed by atoms with Gasteiger partial charge >= 0.3 is 0 Å². The smallest absolute Gasteiger partial charge is 0.0534 e. The molecule has 3 nitrogen and oxygen atoms in total. The number of halogens is 1. The first-order chi connectivity index (χ1) is 7.11. The van der Waals surface area contributed by atoms with Crippen LogP contribution in [0.3, 0.4) is 0 Å². The highest BCUT2D eigenvalue weighted by atomic mass is 35.5. The Bertz CT molecular complexity index is 283. The third-order valence-corrected chi connectivity index (χ3v) is 2.59. The van der Waals surface area contributed by atoms with Crippen molar-refractivity contribution in [2.75, 3.05) is 13.6 Å². The number of hydrogen-bond donors (Lipinski definition) is 0. The third-order valence-electron chi connectivity index (χ3n) is 2.37. The molecule has 86 valence electrons. The molecule has 0 aliphatic carbocycles. The maximum absolute atomic E-state index is 5.91. The minimum Gasteiger partial charge on any atom is -0.302 e. The van der Waals surface area contributed by atoms with Crippen LogP contribution in [0.15, 0.2) is 12.4 Å². The number of aryl methyl sites for hydroxylation is 1. The van der Waals surface area contributed by atoms with Crippen LogP contribution >= 0.6 is 11.6 Å². The minimum absolute atomic E-state index is 0.255. The molecule has 1 rings (SSSR count). The summed E-state index contributed by atoms with van der Waals surface area (Å²) in [7, 11) is 2.11. The lowest BCUT2D eigenvalue weighted by molar-refractivity contribution is 0.321. The summed E-state index contributed by atoms with van der Waals surface area (Å²) in [5.41, 5.74) is 1.27. The van der Waals surface area contributed by atoms with Crippen LogP contribution < -0.4 is 0 Å². The van der Waals surface area contributed by atoms with E-state index in [-0.39, 0.29) is 5.38 Å². The summed E-state index contributed by atoms with van der Waals surface area (Å²) in [6.45, 7) is 7.04. The van der Waals surface area contributed by atoms with E-state index in [1.54, 1.807) is 0 Å². The molecule has 0 aliphatic heterocycles. The maximum atomic E-state index is 5.91. The Morgan fingerprint density at radius 3 is 2.87 bits per heavy atom. The second kappa shape index (κ2) is 6.13. The van der Waals surface area contributed by atoms with E-state index in [1.165, 1.54) is 5.56 Å². The molecular weight excluding hydrogens is 210 g/mol. The van der Waals surface area contributed by atoms with Crippen LogP contribution in [0.2, 0.25) is 0 Å². The van der Waals surface area contributed by atoms with E-state index in [4.69, 9.17) is 11.6 Å². The van der Waals surface area contributed by atoms with Crippen molar-refractivity contribution in [3.8, 4) is 0 Å². The van der Waals surface area contributed by atoms with Gasteiger partial charge in [-0.2, -0.15) is 5.10 Å². The van der Waals surface area contributed by atoms with Crippen LogP contribution in [0, 0.1) is 0 Å². The van der Waals surface area contributed by atoms with E-state index in [0.29, 0.717) is 0 Å². The van der Waals surface area contributed by atoms with Crippen LogP contribution in [0.1, 0.15) is 25.8 Å². The van der Waals surface area contributed by atoms with E-state index in [2.05, 4.69) is 30.2 Å². The lowest BCUT2D eigenvalue weighted by Gasteiger charge is -2.15. The summed E-state index contributed by atoms with van der Waals surface area (Å²) >= 11 is 5.91. The lowest BCUT2D eigenvalue weighted by atomic mass is 10.3. The number of aromatic nitrogens is 2. The largest absolute Gasteiger partial charge is 0.302 e. The summed E-state index contributed by atoms with van der Waals surface area (Å²) < 4.78 is 1.95. The number of hydrogen-bond acceptors (Lipinski definition) is 2. The predicted molar refractivity (Wildman–Crippen MR) is 64.2 cm³/mol. The SMILES string of the molecule is CCn1cc(CN(C)CCC(C)Cl)cn1. The van der Waals surface area contributed by atoms with Crippen LogP contribution in [0.5, 0.6) is 0 Å². The van der Waals surface area contributed by atoms with Gasteiger partial charge in [0.15, 0.2) is 0 Å². The quantitative estimate of drug-likeness (QED) is 0.699. The van der Waals surface area contributed by atoms with Gasteiger partial charge in [0.2, 0.25) is 0 Å². The molecular formula is C11H20ClN3. The molecule has 1 aromatic rings. The monoisotopic (exact) mass is 229 g/mol. The van der Waals surface area contributed by atoms with Crippen LogP contribution in [0.4, 0.5) is 0 Å². The zero-order valence-electron chi connectivity index (χ0n) is 9.78. The first-order valence-electron chi connectivity index (χ1n) is 5.45. The van der Waals surface area contributed by atoms with Crippen molar-refractivity contribution in [2.45, 2.75) is 38.7 Å². The molecule has 1 atom stereocenters. The summed E-state index contributed by atoms with van der Waals surface area (Å²) in [5.74, 6) is 0. The average Bonchev–Trinajstić information content (AvgIpc) is 2.62. The Labute approximate surface area is 97.0 Å². The summed E-state index contributed by atoms with van der Waals surface area (Å²) in [4.78, 5) is 2.27. The van der Waals surface area contributed by atoms with Crippen LogP contribution in [0.25, 0.3) is 0 Å². The standard InChI is InChI=1S/C11H20ClN3/c1-4-15-9-11(7-13-15)8-14(3)6-5-10(2)12/h7,9-10H,4-6,8H2,1-3H3. The summed E-state index contributed by atoms with van der Waals surface area (Å²) in [5, 5.41) is 4.50. The first kappa shape index (κ1) is 12.5. The van der Waals surface area contributed by atoms with Gasteiger partial charge in [-0.25, -0.2) is 0 Å². The van der Waals surface area contributed by atoms with Crippen molar-refractivity contribution in [3.05, 3.63) is 18.0 Å². The number of nitrogens with zero attached hydrogens (tertiary/aromatic N) is 3. The second-order valence-electron chi connectivity index (χ2n) is 4.01. The Hall–Kier alpha value is -0.540. The molecule has 0 N–H and O–H groups in total. The predicted octanol–water partition coefficient (Wildman–Crippen LogP) is 2.35. The molecule has 0 aromatic carbocycles.